The van der Waals surface area contributed by atoms with E-state index >= 15 is 0 Å². The van der Waals surface area contributed by atoms with Crippen molar-refractivity contribution in [2.45, 2.75) is 58.3 Å². The van der Waals surface area contributed by atoms with E-state index in [0.29, 0.717) is 25.4 Å². The van der Waals surface area contributed by atoms with Crippen LogP contribution in [0.5, 0.6) is 0 Å². The Hall–Kier alpha value is -1.83. The Morgan fingerprint density at radius 2 is 1.91 bits per heavy atom. The number of nitrogens with zero attached hydrogens (tertiary/aromatic N) is 1. The number of nitrogens with one attached hydrogen (secondary N) is 2. The first-order chi connectivity index (χ1) is 10.8. The highest BCUT2D eigenvalue weighted by atomic mass is 16.6. The van der Waals surface area contributed by atoms with Crippen molar-refractivity contribution in [2.24, 2.45) is 22.4 Å². The largest absolute Gasteiger partial charge is 0.370 e. The van der Waals surface area contributed by atoms with Crippen LogP contribution in [0.15, 0.2) is 4.99 Å². The maximum absolute atomic E-state index is 12.2. The molecule has 0 radical (unpaired) electrons. The average molecular weight is 327 g/mol. The Kier molecular flexibility index (Phi) is 7.80. The van der Waals surface area contributed by atoms with Crippen molar-refractivity contribution in [3.8, 4) is 0 Å². The first-order valence-corrected chi connectivity index (χ1v) is 8.10. The third-order valence-corrected chi connectivity index (χ3v) is 3.49. The Labute approximate surface area is 137 Å². The van der Waals surface area contributed by atoms with Crippen LogP contribution in [0.2, 0.25) is 0 Å². The number of carbonyl (C=O) groups is 2. The minimum atomic E-state index is -0.531. The van der Waals surface area contributed by atoms with E-state index in [2.05, 4.69) is 15.6 Å². The summed E-state index contributed by atoms with van der Waals surface area (Å²) in [5.41, 5.74) is 10.5. The normalized spacial score (nSPS) is 20.7. The smallest absolute Gasteiger partial charge is 0.252 e. The van der Waals surface area contributed by atoms with Gasteiger partial charge in [-0.05, 0) is 32.1 Å². The summed E-state index contributed by atoms with van der Waals surface area (Å²) in [6, 6.07) is -0.531. The number of rotatable bonds is 10. The van der Waals surface area contributed by atoms with Crippen LogP contribution in [0.25, 0.3) is 0 Å². The number of aliphatic imine (C=N–C) groups is 1. The molecule has 1 aliphatic rings. The van der Waals surface area contributed by atoms with Crippen molar-refractivity contribution in [2.75, 3.05) is 13.1 Å². The second-order valence-electron chi connectivity index (χ2n) is 6.26. The number of amides is 2. The zero-order valence-corrected chi connectivity index (χ0v) is 14.2. The molecule has 0 bridgehead atoms. The van der Waals surface area contributed by atoms with Crippen LogP contribution in [0, 0.1) is 5.92 Å². The molecule has 1 heterocycles. The van der Waals surface area contributed by atoms with Crippen molar-refractivity contribution in [1.29, 1.82) is 0 Å². The van der Waals surface area contributed by atoms with Crippen LogP contribution in [-0.4, -0.2) is 49.1 Å². The topological polar surface area (TPSA) is 135 Å². The first-order valence-electron chi connectivity index (χ1n) is 8.10. The van der Waals surface area contributed by atoms with Gasteiger partial charge in [0.05, 0.1) is 6.10 Å². The number of unbranched alkanes of at least 4 members (excludes halogenated alkanes) is 1. The van der Waals surface area contributed by atoms with E-state index in [0.717, 1.165) is 12.8 Å². The van der Waals surface area contributed by atoms with Crippen LogP contribution in [0.4, 0.5) is 0 Å². The molecule has 0 spiro atoms. The summed E-state index contributed by atoms with van der Waals surface area (Å²) in [6.45, 7) is 6.93. The summed E-state index contributed by atoms with van der Waals surface area (Å²) in [5.74, 6) is -0.0102. The summed E-state index contributed by atoms with van der Waals surface area (Å²) in [7, 11) is 0. The highest BCUT2D eigenvalue weighted by Gasteiger charge is 2.42. The van der Waals surface area contributed by atoms with Gasteiger partial charge in [0.25, 0.3) is 5.91 Å². The lowest BCUT2D eigenvalue weighted by Gasteiger charge is -2.19. The van der Waals surface area contributed by atoms with Gasteiger partial charge in [-0.15, -0.1) is 0 Å². The molecule has 23 heavy (non-hydrogen) atoms. The minimum Gasteiger partial charge on any atom is -0.370 e. The fraction of sp³-hybridized carbons (Fsp3) is 0.800. The summed E-state index contributed by atoms with van der Waals surface area (Å²) < 4.78 is 5.13. The van der Waals surface area contributed by atoms with Crippen LogP contribution in [-0.2, 0) is 14.3 Å². The van der Waals surface area contributed by atoms with Gasteiger partial charge in [0.2, 0.25) is 5.91 Å². The number of carbonyl (C=O) groups excluding carboxylic acids is 2. The molecule has 3 atom stereocenters. The molecule has 132 valence electrons. The van der Waals surface area contributed by atoms with Gasteiger partial charge in [-0.1, -0.05) is 13.8 Å². The number of nitrogens with two attached hydrogens (primary N) is 2. The molecule has 1 aliphatic heterocycles. The maximum Gasteiger partial charge on any atom is 0.252 e. The summed E-state index contributed by atoms with van der Waals surface area (Å²) in [6.07, 6.45) is 1.66. The molecule has 0 aliphatic carbocycles. The number of epoxide rings is 1. The minimum absolute atomic E-state index is 0.0618. The molecule has 0 aromatic rings. The Bertz CT molecular complexity index is 435. The third kappa shape index (κ3) is 7.83. The van der Waals surface area contributed by atoms with E-state index in [9.17, 15) is 9.59 Å². The van der Waals surface area contributed by atoms with Gasteiger partial charge in [0.15, 0.2) is 12.1 Å². The lowest BCUT2D eigenvalue weighted by Crippen LogP contribution is -2.49. The predicted octanol–water partition coefficient (Wildman–Crippen LogP) is -0.526. The molecule has 0 aromatic carbocycles. The van der Waals surface area contributed by atoms with Crippen LogP contribution < -0.4 is 22.1 Å². The van der Waals surface area contributed by atoms with E-state index in [1.807, 2.05) is 20.8 Å². The van der Waals surface area contributed by atoms with Crippen molar-refractivity contribution in [1.82, 2.24) is 10.6 Å². The summed E-state index contributed by atoms with van der Waals surface area (Å²) in [4.78, 5) is 28.1. The number of ether oxygens (including phenoxy) is 1. The van der Waals surface area contributed by atoms with Crippen LogP contribution in [0.1, 0.15) is 40.0 Å². The molecule has 1 fully saturated rings. The molecule has 1 saturated heterocycles. The Balaban J connectivity index is 2.33. The zero-order valence-electron chi connectivity index (χ0n) is 14.2. The molecular formula is C15H29N5O3. The highest BCUT2D eigenvalue weighted by molar-refractivity contribution is 5.90. The molecule has 0 aromatic heterocycles. The average Bonchev–Trinajstić information content (AvgIpc) is 3.18. The van der Waals surface area contributed by atoms with Crippen LogP contribution in [0.3, 0.4) is 0 Å². The SMILES string of the molecule is CC(C)CC(NC(=O)C1OC1C)C(=O)NCCCCN=C(N)N. The lowest BCUT2D eigenvalue weighted by molar-refractivity contribution is -0.130. The molecule has 1 rings (SSSR count). The van der Waals surface area contributed by atoms with E-state index in [-0.39, 0.29) is 23.9 Å². The second kappa shape index (κ2) is 9.34. The first kappa shape index (κ1) is 19.2. The van der Waals surface area contributed by atoms with E-state index < -0.39 is 12.1 Å². The van der Waals surface area contributed by atoms with E-state index in [4.69, 9.17) is 16.2 Å². The van der Waals surface area contributed by atoms with Gasteiger partial charge in [0.1, 0.15) is 6.04 Å². The predicted molar refractivity (Wildman–Crippen MR) is 88.6 cm³/mol. The van der Waals surface area contributed by atoms with Crippen molar-refractivity contribution < 1.29 is 14.3 Å². The van der Waals surface area contributed by atoms with Crippen LogP contribution >= 0.6 is 0 Å². The zero-order chi connectivity index (χ0) is 17.4. The third-order valence-electron chi connectivity index (χ3n) is 3.49. The monoisotopic (exact) mass is 327 g/mol. The molecule has 6 N–H and O–H groups in total. The van der Waals surface area contributed by atoms with Gasteiger partial charge in [0, 0.05) is 13.1 Å². The van der Waals surface area contributed by atoms with Gasteiger partial charge < -0.3 is 26.8 Å². The van der Waals surface area contributed by atoms with Gasteiger partial charge in [-0.25, -0.2) is 0 Å². The fourth-order valence-electron chi connectivity index (χ4n) is 2.20. The molecule has 2 amide bonds. The summed E-state index contributed by atoms with van der Waals surface area (Å²) in [5, 5.41) is 5.62. The standard InChI is InChI=1S/C15H29N5O3/c1-9(2)8-11(20-14(22)12-10(3)23-12)13(21)18-6-4-5-7-19-15(16)17/h9-12H,4-8H2,1-3H3,(H,18,21)(H,20,22)(H4,16,17,19). The van der Waals surface area contributed by atoms with Crippen molar-refractivity contribution in [3.63, 3.8) is 0 Å². The second-order valence-corrected chi connectivity index (χ2v) is 6.26. The maximum atomic E-state index is 12.2. The quantitative estimate of drug-likeness (QED) is 0.185. The molecule has 3 unspecified atom stereocenters. The van der Waals surface area contributed by atoms with Gasteiger partial charge in [-0.2, -0.15) is 0 Å². The number of hydrogen-bond donors (Lipinski definition) is 4. The van der Waals surface area contributed by atoms with Gasteiger partial charge >= 0.3 is 0 Å². The lowest BCUT2D eigenvalue weighted by atomic mass is 10.0. The molecular weight excluding hydrogens is 298 g/mol. The van der Waals surface area contributed by atoms with Crippen molar-refractivity contribution in [3.05, 3.63) is 0 Å². The number of hydrogen-bond acceptors (Lipinski definition) is 4. The highest BCUT2D eigenvalue weighted by Crippen LogP contribution is 2.21. The Morgan fingerprint density at radius 3 is 2.43 bits per heavy atom. The number of guanidine groups is 1. The van der Waals surface area contributed by atoms with E-state index in [1.165, 1.54) is 0 Å². The molecule has 8 nitrogen and oxygen atoms in total. The fourth-order valence-corrected chi connectivity index (χ4v) is 2.20. The molecule has 8 heteroatoms. The van der Waals surface area contributed by atoms with E-state index in [1.54, 1.807) is 0 Å². The van der Waals surface area contributed by atoms with Gasteiger partial charge in [-0.3, -0.25) is 14.6 Å². The Morgan fingerprint density at radius 1 is 1.26 bits per heavy atom. The van der Waals surface area contributed by atoms with Crippen molar-refractivity contribution >= 4 is 17.8 Å². The molecule has 0 saturated carbocycles. The summed E-state index contributed by atoms with van der Waals surface area (Å²) >= 11 is 0.